The highest BCUT2D eigenvalue weighted by Gasteiger charge is 2.23. The molecular formula is C13H13ClINO. The van der Waals surface area contributed by atoms with Crippen LogP contribution in [-0.2, 0) is 0 Å². The van der Waals surface area contributed by atoms with Gasteiger partial charge in [-0.3, -0.25) is 4.98 Å². The highest BCUT2D eigenvalue weighted by Crippen LogP contribution is 2.39. The molecule has 90 valence electrons. The number of aromatic nitrogens is 1. The molecule has 2 nitrogen and oxygen atoms in total. The van der Waals surface area contributed by atoms with Gasteiger partial charge in [0.1, 0.15) is 11.3 Å². The van der Waals surface area contributed by atoms with Gasteiger partial charge in [0.15, 0.2) is 5.58 Å². The monoisotopic (exact) mass is 361 g/mol. The standard InChI is InChI=1S/C13H13ClINO/c14-9-6-10-12(16-7-9)11(15)13(17-10)8-4-2-1-3-5-8/h6-8H,1-5H2. The van der Waals surface area contributed by atoms with E-state index in [4.69, 9.17) is 16.0 Å². The third-order valence-electron chi connectivity index (χ3n) is 3.44. The summed E-state index contributed by atoms with van der Waals surface area (Å²) in [4.78, 5) is 4.36. The van der Waals surface area contributed by atoms with Crippen LogP contribution < -0.4 is 0 Å². The molecule has 0 atom stereocenters. The molecule has 2 aromatic heterocycles. The molecule has 0 N–H and O–H groups in total. The molecular weight excluding hydrogens is 349 g/mol. The molecule has 0 amide bonds. The summed E-state index contributed by atoms with van der Waals surface area (Å²) >= 11 is 8.29. The quantitative estimate of drug-likeness (QED) is 0.658. The fourth-order valence-corrected chi connectivity index (χ4v) is 3.67. The van der Waals surface area contributed by atoms with Crippen molar-refractivity contribution in [3.63, 3.8) is 0 Å². The van der Waals surface area contributed by atoms with Crippen LogP contribution in [0.1, 0.15) is 43.8 Å². The first-order valence-corrected chi connectivity index (χ1v) is 7.45. The maximum atomic E-state index is 5.96. The lowest BCUT2D eigenvalue weighted by Crippen LogP contribution is -2.04. The number of pyridine rings is 1. The van der Waals surface area contributed by atoms with Gasteiger partial charge in [-0.1, -0.05) is 30.9 Å². The van der Waals surface area contributed by atoms with Crippen molar-refractivity contribution in [2.45, 2.75) is 38.0 Å². The normalized spacial score (nSPS) is 17.8. The summed E-state index contributed by atoms with van der Waals surface area (Å²) in [6, 6.07) is 1.86. The Morgan fingerprint density at radius 1 is 1.29 bits per heavy atom. The first kappa shape index (κ1) is 11.8. The Hall–Kier alpha value is -0.290. The highest BCUT2D eigenvalue weighted by atomic mass is 127. The molecule has 1 fully saturated rings. The van der Waals surface area contributed by atoms with Crippen molar-refractivity contribution in [1.82, 2.24) is 4.98 Å². The van der Waals surface area contributed by atoms with E-state index in [1.165, 1.54) is 35.7 Å². The minimum absolute atomic E-state index is 0.573. The summed E-state index contributed by atoms with van der Waals surface area (Å²) in [6.07, 6.45) is 8.15. The summed E-state index contributed by atoms with van der Waals surface area (Å²) in [5.74, 6) is 1.69. The lowest BCUT2D eigenvalue weighted by molar-refractivity contribution is 0.383. The average molecular weight is 362 g/mol. The fourth-order valence-electron chi connectivity index (χ4n) is 2.57. The molecule has 1 aliphatic rings. The minimum Gasteiger partial charge on any atom is -0.458 e. The van der Waals surface area contributed by atoms with Gasteiger partial charge in [0.2, 0.25) is 0 Å². The Kier molecular flexibility index (Phi) is 3.30. The van der Waals surface area contributed by atoms with Crippen molar-refractivity contribution in [2.24, 2.45) is 0 Å². The predicted octanol–water partition coefficient (Wildman–Crippen LogP) is 5.13. The first-order chi connectivity index (χ1) is 8.25. The lowest BCUT2D eigenvalue weighted by atomic mass is 9.87. The third-order valence-corrected chi connectivity index (χ3v) is 4.69. The van der Waals surface area contributed by atoms with Gasteiger partial charge in [-0.2, -0.15) is 0 Å². The zero-order valence-corrected chi connectivity index (χ0v) is 12.3. The SMILES string of the molecule is Clc1cnc2c(I)c(C3CCCCC3)oc2c1. The van der Waals surface area contributed by atoms with Gasteiger partial charge < -0.3 is 4.42 Å². The number of fused-ring (bicyclic) bond motifs is 1. The van der Waals surface area contributed by atoms with Crippen molar-refractivity contribution in [2.75, 3.05) is 0 Å². The van der Waals surface area contributed by atoms with Crippen LogP contribution in [0.15, 0.2) is 16.7 Å². The molecule has 2 heterocycles. The van der Waals surface area contributed by atoms with Gasteiger partial charge in [0.05, 0.1) is 8.59 Å². The summed E-state index contributed by atoms with van der Waals surface area (Å²) in [5, 5.41) is 0.637. The zero-order valence-electron chi connectivity index (χ0n) is 9.38. The molecule has 0 unspecified atom stereocenters. The smallest absolute Gasteiger partial charge is 0.155 e. The van der Waals surface area contributed by atoms with Gasteiger partial charge in [-0.15, -0.1) is 0 Å². The van der Waals surface area contributed by atoms with Crippen LogP contribution in [0.2, 0.25) is 5.02 Å². The summed E-state index contributed by atoms with van der Waals surface area (Å²) in [5.41, 5.74) is 1.78. The van der Waals surface area contributed by atoms with Gasteiger partial charge in [0.25, 0.3) is 0 Å². The first-order valence-electron chi connectivity index (χ1n) is 5.99. The van der Waals surface area contributed by atoms with Crippen LogP contribution in [0.25, 0.3) is 11.1 Å². The summed E-state index contributed by atoms with van der Waals surface area (Å²) in [7, 11) is 0. The van der Waals surface area contributed by atoms with Gasteiger partial charge >= 0.3 is 0 Å². The minimum atomic E-state index is 0.573. The zero-order chi connectivity index (χ0) is 11.8. The van der Waals surface area contributed by atoms with Crippen LogP contribution in [0.3, 0.4) is 0 Å². The van der Waals surface area contributed by atoms with E-state index in [-0.39, 0.29) is 0 Å². The number of rotatable bonds is 1. The largest absolute Gasteiger partial charge is 0.458 e. The Morgan fingerprint density at radius 2 is 2.06 bits per heavy atom. The van der Waals surface area contributed by atoms with Crippen molar-refractivity contribution >= 4 is 45.3 Å². The van der Waals surface area contributed by atoms with Crippen LogP contribution in [0, 0.1) is 3.57 Å². The Balaban J connectivity index is 2.07. The molecule has 1 aliphatic carbocycles. The van der Waals surface area contributed by atoms with E-state index < -0.39 is 0 Å². The van der Waals surface area contributed by atoms with Crippen LogP contribution in [-0.4, -0.2) is 4.98 Å². The second kappa shape index (κ2) is 4.76. The van der Waals surface area contributed by atoms with E-state index in [0.717, 1.165) is 16.9 Å². The molecule has 0 aromatic carbocycles. The summed E-state index contributed by atoms with van der Waals surface area (Å²) in [6.45, 7) is 0. The van der Waals surface area contributed by atoms with E-state index >= 15 is 0 Å². The number of hydrogen-bond donors (Lipinski definition) is 0. The molecule has 0 bridgehead atoms. The fraction of sp³-hybridized carbons (Fsp3) is 0.462. The summed E-state index contributed by atoms with van der Waals surface area (Å²) < 4.78 is 7.13. The van der Waals surface area contributed by atoms with Crippen molar-refractivity contribution in [3.8, 4) is 0 Å². The topological polar surface area (TPSA) is 26.0 Å². The maximum Gasteiger partial charge on any atom is 0.155 e. The van der Waals surface area contributed by atoms with E-state index in [0.29, 0.717) is 10.9 Å². The molecule has 0 radical (unpaired) electrons. The molecule has 0 aliphatic heterocycles. The number of hydrogen-bond acceptors (Lipinski definition) is 2. The van der Waals surface area contributed by atoms with Crippen molar-refractivity contribution in [3.05, 3.63) is 26.6 Å². The van der Waals surface area contributed by atoms with Crippen LogP contribution in [0.5, 0.6) is 0 Å². The molecule has 0 saturated heterocycles. The lowest BCUT2D eigenvalue weighted by Gasteiger charge is -2.19. The van der Waals surface area contributed by atoms with E-state index in [9.17, 15) is 0 Å². The third kappa shape index (κ3) is 2.19. The predicted molar refractivity (Wildman–Crippen MR) is 77.6 cm³/mol. The Morgan fingerprint density at radius 3 is 2.82 bits per heavy atom. The van der Waals surface area contributed by atoms with Gasteiger partial charge in [-0.25, -0.2) is 0 Å². The van der Waals surface area contributed by atoms with Crippen LogP contribution >= 0.6 is 34.2 Å². The van der Waals surface area contributed by atoms with E-state index in [1.807, 2.05) is 6.07 Å². The van der Waals surface area contributed by atoms with Crippen molar-refractivity contribution in [1.29, 1.82) is 0 Å². The average Bonchev–Trinajstić information content (AvgIpc) is 2.67. The maximum absolute atomic E-state index is 5.96. The second-order valence-corrected chi connectivity index (χ2v) is 6.13. The molecule has 0 spiro atoms. The van der Waals surface area contributed by atoms with E-state index in [1.54, 1.807) is 6.20 Å². The molecule has 17 heavy (non-hydrogen) atoms. The highest BCUT2D eigenvalue weighted by molar-refractivity contribution is 14.1. The van der Waals surface area contributed by atoms with Gasteiger partial charge in [-0.05, 0) is 35.4 Å². The Bertz CT molecular complexity index is 546. The van der Waals surface area contributed by atoms with Gasteiger partial charge in [0, 0.05) is 18.2 Å². The molecule has 1 saturated carbocycles. The molecule has 3 rings (SSSR count). The second-order valence-electron chi connectivity index (χ2n) is 4.62. The van der Waals surface area contributed by atoms with Crippen molar-refractivity contribution < 1.29 is 4.42 Å². The molecule has 4 heteroatoms. The van der Waals surface area contributed by atoms with E-state index in [2.05, 4.69) is 27.6 Å². The molecule has 2 aromatic rings. The number of halogens is 2. The number of nitrogens with zero attached hydrogens (tertiary/aromatic N) is 1. The number of furan rings is 1. The Labute approximate surface area is 119 Å². The van der Waals surface area contributed by atoms with Crippen LogP contribution in [0.4, 0.5) is 0 Å².